The lowest BCUT2D eigenvalue weighted by molar-refractivity contribution is -0.0698. The first-order valence-electron chi connectivity index (χ1n) is 6.88. The third kappa shape index (κ3) is 2.91. The molecule has 1 aromatic rings. The zero-order chi connectivity index (χ0) is 13.3. The molecule has 2 aliphatic rings. The second kappa shape index (κ2) is 5.12. The maximum Gasteiger partial charge on any atom is 0.119 e. The average molecular weight is 263 g/mol. The fourth-order valence-electron chi connectivity index (χ4n) is 2.60. The van der Waals surface area contributed by atoms with Crippen molar-refractivity contribution in [3.8, 4) is 5.75 Å². The van der Waals surface area contributed by atoms with Crippen molar-refractivity contribution < 1.29 is 14.6 Å². The number of β-amino-alcohol motifs (C(OH)–C–C–N with tert-alkyl or cyclic N) is 1. The summed E-state index contributed by atoms with van der Waals surface area (Å²) in [6.45, 7) is 5.63. The van der Waals surface area contributed by atoms with E-state index in [2.05, 4.69) is 4.90 Å². The second-order valence-electron chi connectivity index (χ2n) is 5.74. The molecule has 1 N–H and O–H groups in total. The molecule has 1 unspecified atom stereocenters. The van der Waals surface area contributed by atoms with Gasteiger partial charge in [-0.15, -0.1) is 0 Å². The van der Waals surface area contributed by atoms with Gasteiger partial charge in [0, 0.05) is 13.1 Å². The molecular weight excluding hydrogens is 242 g/mol. The molecule has 0 amide bonds. The van der Waals surface area contributed by atoms with E-state index in [0.717, 1.165) is 31.9 Å². The van der Waals surface area contributed by atoms with E-state index < -0.39 is 5.60 Å². The summed E-state index contributed by atoms with van der Waals surface area (Å²) in [6, 6.07) is 8.43. The largest absolute Gasteiger partial charge is 0.491 e. The Labute approximate surface area is 113 Å². The molecule has 2 saturated heterocycles. The Morgan fingerprint density at radius 2 is 2.11 bits per heavy atom. The molecule has 0 radical (unpaired) electrons. The van der Waals surface area contributed by atoms with Crippen molar-refractivity contribution in [1.82, 2.24) is 4.90 Å². The van der Waals surface area contributed by atoms with E-state index in [1.807, 2.05) is 31.2 Å². The number of ether oxygens (including phenoxy) is 2. The fraction of sp³-hybridized carbons (Fsp3) is 0.600. The van der Waals surface area contributed by atoms with E-state index in [1.54, 1.807) is 0 Å². The zero-order valence-corrected chi connectivity index (χ0v) is 11.3. The number of likely N-dealkylation sites (tertiary alicyclic amines) is 1. The summed E-state index contributed by atoms with van der Waals surface area (Å²) < 4.78 is 10.9. The summed E-state index contributed by atoms with van der Waals surface area (Å²) in [7, 11) is 0. The van der Waals surface area contributed by atoms with Gasteiger partial charge in [0.1, 0.15) is 18.0 Å². The summed E-state index contributed by atoms with van der Waals surface area (Å²) in [5.41, 5.74) is 0.489. The first-order chi connectivity index (χ1) is 9.15. The van der Waals surface area contributed by atoms with E-state index in [9.17, 15) is 5.11 Å². The van der Waals surface area contributed by atoms with Gasteiger partial charge in [0.25, 0.3) is 0 Å². The van der Waals surface area contributed by atoms with Crippen LogP contribution in [0, 0.1) is 6.92 Å². The molecule has 1 atom stereocenters. The van der Waals surface area contributed by atoms with Crippen LogP contribution in [0.5, 0.6) is 5.75 Å². The number of aryl methyl sites for hydroxylation is 1. The second-order valence-corrected chi connectivity index (χ2v) is 5.74. The third-order valence-corrected chi connectivity index (χ3v) is 4.03. The Bertz CT molecular complexity index is 430. The summed E-state index contributed by atoms with van der Waals surface area (Å²) in [6.07, 6.45) is 0.773. The summed E-state index contributed by atoms with van der Waals surface area (Å²) in [5, 5.41) is 10.5. The van der Waals surface area contributed by atoms with Gasteiger partial charge in [0.05, 0.1) is 19.3 Å². The van der Waals surface area contributed by atoms with Gasteiger partial charge >= 0.3 is 0 Å². The van der Waals surface area contributed by atoms with Crippen LogP contribution in [0.2, 0.25) is 0 Å². The fourth-order valence-corrected chi connectivity index (χ4v) is 2.60. The standard InChI is InChI=1S/C15H21NO3/c1-12-2-4-14(5-3-12)19-11-15(17)6-7-16(10-15)13-8-18-9-13/h2-5,13,17H,6-11H2,1H3. The highest BCUT2D eigenvalue weighted by Crippen LogP contribution is 2.26. The van der Waals surface area contributed by atoms with E-state index >= 15 is 0 Å². The molecule has 0 aromatic heterocycles. The van der Waals surface area contributed by atoms with Crippen LogP contribution in [-0.2, 0) is 4.74 Å². The van der Waals surface area contributed by atoms with Crippen LogP contribution in [0.1, 0.15) is 12.0 Å². The normalized spacial score (nSPS) is 28.3. The van der Waals surface area contributed by atoms with Crippen LogP contribution >= 0.6 is 0 Å². The van der Waals surface area contributed by atoms with Crippen LogP contribution in [-0.4, -0.2) is 54.6 Å². The minimum atomic E-state index is -0.722. The lowest BCUT2D eigenvalue weighted by Crippen LogP contribution is -2.50. The van der Waals surface area contributed by atoms with Crippen LogP contribution in [0.15, 0.2) is 24.3 Å². The first kappa shape index (κ1) is 12.9. The van der Waals surface area contributed by atoms with E-state index in [4.69, 9.17) is 9.47 Å². The maximum absolute atomic E-state index is 10.5. The van der Waals surface area contributed by atoms with Crippen molar-refractivity contribution in [1.29, 1.82) is 0 Å². The Hall–Kier alpha value is -1.10. The van der Waals surface area contributed by atoms with Gasteiger partial charge < -0.3 is 14.6 Å². The van der Waals surface area contributed by atoms with E-state index in [1.165, 1.54) is 5.56 Å². The van der Waals surface area contributed by atoms with Gasteiger partial charge in [-0.05, 0) is 25.5 Å². The molecule has 3 rings (SSSR count). The number of hydrogen-bond donors (Lipinski definition) is 1. The smallest absolute Gasteiger partial charge is 0.119 e. The molecule has 0 saturated carbocycles. The van der Waals surface area contributed by atoms with Crippen molar-refractivity contribution in [2.24, 2.45) is 0 Å². The van der Waals surface area contributed by atoms with Gasteiger partial charge in [0.15, 0.2) is 0 Å². The molecule has 0 spiro atoms. The summed E-state index contributed by atoms with van der Waals surface area (Å²) >= 11 is 0. The number of aliphatic hydroxyl groups is 1. The Morgan fingerprint density at radius 3 is 2.74 bits per heavy atom. The van der Waals surface area contributed by atoms with Crippen LogP contribution in [0.3, 0.4) is 0 Å². The summed E-state index contributed by atoms with van der Waals surface area (Å²) in [4.78, 5) is 2.31. The van der Waals surface area contributed by atoms with E-state index in [0.29, 0.717) is 19.2 Å². The Balaban J connectivity index is 1.53. The minimum Gasteiger partial charge on any atom is -0.491 e. The SMILES string of the molecule is Cc1ccc(OCC2(O)CCN(C3COC3)C2)cc1. The highest BCUT2D eigenvalue weighted by atomic mass is 16.5. The zero-order valence-electron chi connectivity index (χ0n) is 11.3. The van der Waals surface area contributed by atoms with Crippen LogP contribution in [0.4, 0.5) is 0 Å². The molecule has 104 valence electrons. The molecule has 1 aromatic carbocycles. The van der Waals surface area contributed by atoms with Crippen molar-refractivity contribution in [2.45, 2.75) is 25.0 Å². The van der Waals surface area contributed by atoms with E-state index in [-0.39, 0.29) is 0 Å². The molecule has 2 heterocycles. The predicted molar refractivity (Wildman–Crippen MR) is 72.4 cm³/mol. The summed E-state index contributed by atoms with van der Waals surface area (Å²) in [5.74, 6) is 0.824. The number of hydrogen-bond acceptors (Lipinski definition) is 4. The molecule has 4 heteroatoms. The van der Waals surface area contributed by atoms with Crippen molar-refractivity contribution in [3.05, 3.63) is 29.8 Å². The Morgan fingerprint density at radius 1 is 1.37 bits per heavy atom. The van der Waals surface area contributed by atoms with Crippen molar-refractivity contribution in [3.63, 3.8) is 0 Å². The monoisotopic (exact) mass is 263 g/mol. The molecule has 2 aliphatic heterocycles. The van der Waals surface area contributed by atoms with Crippen molar-refractivity contribution in [2.75, 3.05) is 32.9 Å². The van der Waals surface area contributed by atoms with Gasteiger partial charge in [0.2, 0.25) is 0 Å². The lowest BCUT2D eigenvalue weighted by atomic mass is 10.1. The molecule has 4 nitrogen and oxygen atoms in total. The van der Waals surface area contributed by atoms with Gasteiger partial charge in [-0.25, -0.2) is 0 Å². The van der Waals surface area contributed by atoms with Crippen LogP contribution in [0.25, 0.3) is 0 Å². The number of rotatable bonds is 4. The lowest BCUT2D eigenvalue weighted by Gasteiger charge is -2.35. The predicted octanol–water partition coefficient (Wildman–Crippen LogP) is 1.21. The highest BCUT2D eigenvalue weighted by molar-refractivity contribution is 5.26. The number of nitrogens with zero attached hydrogens (tertiary/aromatic N) is 1. The third-order valence-electron chi connectivity index (χ3n) is 4.03. The molecular formula is C15H21NO3. The van der Waals surface area contributed by atoms with Gasteiger partial charge in [-0.3, -0.25) is 4.90 Å². The van der Waals surface area contributed by atoms with Crippen LogP contribution < -0.4 is 4.74 Å². The molecule has 2 fully saturated rings. The van der Waals surface area contributed by atoms with Gasteiger partial charge in [-0.1, -0.05) is 17.7 Å². The first-order valence-corrected chi connectivity index (χ1v) is 6.88. The molecule has 19 heavy (non-hydrogen) atoms. The van der Waals surface area contributed by atoms with Gasteiger partial charge in [-0.2, -0.15) is 0 Å². The highest BCUT2D eigenvalue weighted by Gasteiger charge is 2.41. The quantitative estimate of drug-likeness (QED) is 0.886. The topological polar surface area (TPSA) is 41.9 Å². The van der Waals surface area contributed by atoms with Crippen molar-refractivity contribution >= 4 is 0 Å². The average Bonchev–Trinajstić information content (AvgIpc) is 2.69. The Kier molecular flexibility index (Phi) is 3.48. The molecule has 0 bridgehead atoms. The molecule has 0 aliphatic carbocycles. The maximum atomic E-state index is 10.5. The minimum absolute atomic E-state index is 0.361. The number of benzene rings is 1.